The van der Waals surface area contributed by atoms with Gasteiger partial charge in [-0.25, -0.2) is 9.80 Å². The molecule has 2 atom stereocenters. The predicted octanol–water partition coefficient (Wildman–Crippen LogP) is 3.43. The van der Waals surface area contributed by atoms with E-state index in [1.807, 2.05) is 72.8 Å². The lowest BCUT2D eigenvalue weighted by Gasteiger charge is -2.46. The van der Waals surface area contributed by atoms with Crippen molar-refractivity contribution >= 4 is 28.6 Å². The highest BCUT2D eigenvalue weighted by Crippen LogP contribution is 2.33. The van der Waals surface area contributed by atoms with Crippen molar-refractivity contribution in [1.82, 2.24) is 25.1 Å². The van der Waals surface area contributed by atoms with E-state index in [4.69, 9.17) is 6.42 Å². The van der Waals surface area contributed by atoms with Crippen molar-refractivity contribution in [3.63, 3.8) is 0 Å². The number of carbonyl (C=O) groups excluding carboxylic acids is 3. The number of phenols is 2. The van der Waals surface area contributed by atoms with Crippen LogP contribution in [0.1, 0.15) is 16.7 Å². The monoisotopic (exact) mass is 603 g/mol. The first-order valence-electron chi connectivity index (χ1n) is 14.7. The molecular weight excluding hydrogens is 570 g/mol. The van der Waals surface area contributed by atoms with Crippen LogP contribution in [0, 0.1) is 12.3 Å². The maximum absolute atomic E-state index is 14.2. The number of hydrazine groups is 1. The number of benzene rings is 4. The zero-order valence-electron chi connectivity index (χ0n) is 24.5. The molecule has 10 nitrogen and oxygen atoms in total. The van der Waals surface area contributed by atoms with Gasteiger partial charge < -0.3 is 25.3 Å². The number of urea groups is 1. The summed E-state index contributed by atoms with van der Waals surface area (Å²) in [4.78, 5) is 44.6. The average Bonchev–Trinajstić information content (AvgIpc) is 3.37. The standard InChI is InChI=1S/C35H33N5O5/c1-2-17-38(35(45)36-20-24-9-4-3-5-10-24)39-23-33(43)40-29(18-25-15-16-30(41)31(42)19-25)34(44)37(22-32(39)40)21-27-13-8-12-26-11-6-7-14-28(26)27/h1,3-16,19,29,32,41-42H,17-18,20-23H2,(H,36,45)/t29-,32+/m0/s1. The molecule has 2 heterocycles. The summed E-state index contributed by atoms with van der Waals surface area (Å²) in [6, 6.07) is 26.3. The Morgan fingerprint density at radius 3 is 2.47 bits per heavy atom. The highest BCUT2D eigenvalue weighted by atomic mass is 16.3. The number of hydrogen-bond donors (Lipinski definition) is 3. The van der Waals surface area contributed by atoms with Crippen LogP contribution >= 0.6 is 0 Å². The second-order valence-electron chi connectivity index (χ2n) is 11.2. The van der Waals surface area contributed by atoms with Crippen LogP contribution in [0.25, 0.3) is 10.8 Å². The molecule has 0 aromatic heterocycles. The predicted molar refractivity (Wildman–Crippen MR) is 168 cm³/mol. The van der Waals surface area contributed by atoms with Gasteiger partial charge in [0.1, 0.15) is 12.2 Å². The number of aromatic hydroxyl groups is 2. The first-order chi connectivity index (χ1) is 21.8. The molecule has 0 unspecified atom stereocenters. The lowest BCUT2D eigenvalue weighted by Crippen LogP contribution is -2.66. The number of carbonyl (C=O) groups is 3. The van der Waals surface area contributed by atoms with E-state index in [0.29, 0.717) is 12.1 Å². The quantitative estimate of drug-likeness (QED) is 0.210. The third-order valence-corrected chi connectivity index (χ3v) is 8.35. The molecule has 10 heteroatoms. The van der Waals surface area contributed by atoms with Crippen LogP contribution in [0.3, 0.4) is 0 Å². The van der Waals surface area contributed by atoms with Crippen LogP contribution in [-0.2, 0) is 29.1 Å². The van der Waals surface area contributed by atoms with Crippen LogP contribution in [0.4, 0.5) is 4.79 Å². The molecule has 0 aliphatic carbocycles. The molecule has 4 amide bonds. The van der Waals surface area contributed by atoms with Gasteiger partial charge in [0.15, 0.2) is 11.5 Å². The molecule has 228 valence electrons. The normalized spacial score (nSPS) is 18.1. The SMILES string of the molecule is C#CCN(C(=O)NCc1ccccc1)N1CC(=O)N2[C@@H](Cc3ccc(O)c(O)c3)C(=O)N(Cc3cccc4ccccc34)C[C@@H]21. The molecular formula is C35H33N5O5. The third-order valence-electron chi connectivity index (χ3n) is 8.35. The maximum Gasteiger partial charge on any atom is 0.333 e. The number of amides is 4. The van der Waals surface area contributed by atoms with Crippen LogP contribution in [0.2, 0.25) is 0 Å². The third kappa shape index (κ3) is 5.98. The molecule has 3 N–H and O–H groups in total. The van der Waals surface area contributed by atoms with Crippen LogP contribution in [0.5, 0.6) is 11.5 Å². The molecule has 2 aliphatic rings. The molecule has 4 aromatic carbocycles. The molecule has 4 aromatic rings. The van der Waals surface area contributed by atoms with Crippen molar-refractivity contribution in [2.24, 2.45) is 0 Å². The summed E-state index contributed by atoms with van der Waals surface area (Å²) in [6.07, 6.45) is 5.13. The highest BCUT2D eigenvalue weighted by Gasteiger charge is 2.52. The van der Waals surface area contributed by atoms with Crippen molar-refractivity contribution in [3.8, 4) is 23.8 Å². The number of hydrogen-bond acceptors (Lipinski definition) is 6. The number of nitrogens with zero attached hydrogens (tertiary/aromatic N) is 4. The maximum atomic E-state index is 14.2. The summed E-state index contributed by atoms with van der Waals surface area (Å²) in [6.45, 7) is 0.497. The van der Waals surface area contributed by atoms with Gasteiger partial charge in [0, 0.05) is 19.5 Å². The van der Waals surface area contributed by atoms with Crippen molar-refractivity contribution in [2.45, 2.75) is 31.7 Å². The number of piperazine rings is 1. The molecule has 6 rings (SSSR count). The molecule has 2 aliphatic heterocycles. The lowest BCUT2D eigenvalue weighted by molar-refractivity contribution is -0.157. The summed E-state index contributed by atoms with van der Waals surface area (Å²) < 4.78 is 0. The Labute approximate surface area is 261 Å². The van der Waals surface area contributed by atoms with Gasteiger partial charge >= 0.3 is 6.03 Å². The molecule has 45 heavy (non-hydrogen) atoms. The van der Waals surface area contributed by atoms with Crippen LogP contribution < -0.4 is 5.32 Å². The Balaban J connectivity index is 1.33. The van der Waals surface area contributed by atoms with Gasteiger partial charge in [-0.2, -0.15) is 5.01 Å². The smallest absolute Gasteiger partial charge is 0.333 e. The summed E-state index contributed by atoms with van der Waals surface area (Å²) in [5.74, 6) is 1.38. The van der Waals surface area contributed by atoms with Crippen molar-refractivity contribution < 1.29 is 24.6 Å². The lowest BCUT2D eigenvalue weighted by atomic mass is 9.98. The van der Waals surface area contributed by atoms with Gasteiger partial charge in [0.2, 0.25) is 11.8 Å². The Bertz CT molecular complexity index is 1780. The largest absolute Gasteiger partial charge is 0.504 e. The minimum absolute atomic E-state index is 0.0774. The number of phenolic OH excluding ortho intramolecular Hbond substituents is 2. The Hall–Kier alpha value is -5.53. The van der Waals surface area contributed by atoms with Crippen molar-refractivity contribution in [3.05, 3.63) is 108 Å². The van der Waals surface area contributed by atoms with Gasteiger partial charge in [0.25, 0.3) is 0 Å². The second-order valence-corrected chi connectivity index (χ2v) is 11.2. The number of rotatable bonds is 8. The fourth-order valence-electron chi connectivity index (χ4n) is 6.18. The van der Waals surface area contributed by atoms with Crippen molar-refractivity contribution in [1.29, 1.82) is 0 Å². The zero-order chi connectivity index (χ0) is 31.5. The van der Waals surface area contributed by atoms with Gasteiger partial charge in [-0.1, -0.05) is 84.8 Å². The van der Waals surface area contributed by atoms with Crippen LogP contribution in [-0.4, -0.2) is 79.7 Å². The van der Waals surface area contributed by atoms with E-state index >= 15 is 0 Å². The molecule has 0 bridgehead atoms. The minimum Gasteiger partial charge on any atom is -0.504 e. The van der Waals surface area contributed by atoms with Gasteiger partial charge in [-0.15, -0.1) is 6.42 Å². The van der Waals surface area contributed by atoms with Gasteiger partial charge in [0.05, 0.1) is 19.6 Å². The van der Waals surface area contributed by atoms with Crippen molar-refractivity contribution in [2.75, 3.05) is 19.6 Å². The number of fused-ring (bicyclic) bond motifs is 2. The van der Waals surface area contributed by atoms with Crippen LogP contribution in [0.15, 0.2) is 91.0 Å². The molecule has 2 fully saturated rings. The summed E-state index contributed by atoms with van der Waals surface area (Å²) in [5, 5.41) is 28.0. The van der Waals surface area contributed by atoms with E-state index in [1.165, 1.54) is 22.0 Å². The first-order valence-corrected chi connectivity index (χ1v) is 14.7. The van der Waals surface area contributed by atoms with Gasteiger partial charge in [-0.3, -0.25) is 9.59 Å². The second kappa shape index (κ2) is 12.6. The van der Waals surface area contributed by atoms with E-state index in [1.54, 1.807) is 16.0 Å². The topological polar surface area (TPSA) is 117 Å². The first kappa shape index (κ1) is 29.5. The number of terminal acetylenes is 1. The average molecular weight is 604 g/mol. The Morgan fingerprint density at radius 2 is 1.69 bits per heavy atom. The summed E-state index contributed by atoms with van der Waals surface area (Å²) in [7, 11) is 0. The fourth-order valence-corrected chi connectivity index (χ4v) is 6.18. The molecule has 0 spiro atoms. The zero-order valence-corrected chi connectivity index (χ0v) is 24.5. The number of nitrogens with one attached hydrogen (secondary N) is 1. The van der Waals surface area contributed by atoms with E-state index in [0.717, 1.165) is 21.9 Å². The fraction of sp³-hybridized carbons (Fsp3) is 0.229. The van der Waals surface area contributed by atoms with E-state index in [2.05, 4.69) is 11.2 Å². The Kier molecular flexibility index (Phi) is 8.27. The van der Waals surface area contributed by atoms with Gasteiger partial charge in [-0.05, 0) is 39.6 Å². The highest BCUT2D eigenvalue weighted by molar-refractivity contribution is 5.92. The summed E-state index contributed by atoms with van der Waals surface area (Å²) >= 11 is 0. The molecule has 0 saturated carbocycles. The molecule has 2 saturated heterocycles. The van der Waals surface area contributed by atoms with E-state index < -0.39 is 18.2 Å². The van der Waals surface area contributed by atoms with E-state index in [9.17, 15) is 24.6 Å². The van der Waals surface area contributed by atoms with E-state index in [-0.39, 0.29) is 55.9 Å². The summed E-state index contributed by atoms with van der Waals surface area (Å²) in [5.41, 5.74) is 2.43. The molecule has 0 radical (unpaired) electrons. The minimum atomic E-state index is -0.916. The Morgan fingerprint density at radius 1 is 0.933 bits per heavy atom.